The maximum atomic E-state index is 13.4. The molecule has 37 heavy (non-hydrogen) atoms. The van der Waals surface area contributed by atoms with Crippen LogP contribution >= 0.6 is 23.2 Å². The van der Waals surface area contributed by atoms with Crippen molar-refractivity contribution in [1.82, 2.24) is 15.3 Å². The number of nitriles is 1. The summed E-state index contributed by atoms with van der Waals surface area (Å²) in [6, 6.07) is 12.3. The molecule has 2 aliphatic rings. The van der Waals surface area contributed by atoms with Crippen molar-refractivity contribution < 1.29 is 17.6 Å². The lowest BCUT2D eigenvalue weighted by Gasteiger charge is -2.23. The lowest BCUT2D eigenvalue weighted by Crippen LogP contribution is -2.37. The Bertz CT molecular complexity index is 1540. The molecule has 1 atom stereocenters. The number of amides is 1. The number of benzene rings is 2. The van der Waals surface area contributed by atoms with Gasteiger partial charge in [0.2, 0.25) is 5.82 Å². The lowest BCUT2D eigenvalue weighted by molar-refractivity contribution is 0.0930. The Balaban J connectivity index is 1.42. The van der Waals surface area contributed by atoms with Crippen LogP contribution in [0.4, 0.5) is 10.2 Å². The van der Waals surface area contributed by atoms with Crippen molar-refractivity contribution in [3.05, 3.63) is 81.5 Å². The average molecular weight is 560 g/mol. The first kappa shape index (κ1) is 25.4. The molecule has 1 aromatic heterocycles. The number of nitrogens with zero attached hydrogens (tertiary/aromatic N) is 4. The van der Waals surface area contributed by atoms with E-state index in [1.165, 1.54) is 36.5 Å². The molecule has 0 bridgehead atoms. The number of rotatable bonds is 6. The fourth-order valence-corrected chi connectivity index (χ4v) is 7.01. The number of hydrogen-bond donors (Lipinski definition) is 1. The Hall–Kier alpha value is -3.26. The van der Waals surface area contributed by atoms with Crippen LogP contribution in [-0.4, -0.2) is 42.6 Å². The maximum Gasteiger partial charge on any atom is 0.257 e. The van der Waals surface area contributed by atoms with Crippen molar-refractivity contribution in [2.45, 2.75) is 34.9 Å². The van der Waals surface area contributed by atoms with E-state index in [0.717, 1.165) is 5.56 Å². The first-order valence-electron chi connectivity index (χ1n) is 11.4. The summed E-state index contributed by atoms with van der Waals surface area (Å²) < 4.78 is 40.1. The SMILES string of the molecule is N#Cc1ncc(C(=O)NC2(c3ccc(F)cc3)CC2)c(N2CC[C@H](S(=O)(=O)c3cccc(Cl)c3Cl)C2)n1. The van der Waals surface area contributed by atoms with Gasteiger partial charge in [0, 0.05) is 19.3 Å². The summed E-state index contributed by atoms with van der Waals surface area (Å²) in [4.78, 5) is 23.2. The van der Waals surface area contributed by atoms with Gasteiger partial charge < -0.3 is 10.2 Å². The molecule has 5 rings (SSSR count). The van der Waals surface area contributed by atoms with Crippen molar-refractivity contribution in [3.63, 3.8) is 0 Å². The molecular formula is C25H20Cl2FN5O3S. The van der Waals surface area contributed by atoms with Crippen LogP contribution in [0, 0.1) is 17.1 Å². The number of carbonyl (C=O) groups is 1. The van der Waals surface area contributed by atoms with Crippen LogP contribution in [-0.2, 0) is 15.4 Å². The van der Waals surface area contributed by atoms with Crippen molar-refractivity contribution in [2.24, 2.45) is 0 Å². The Labute approximate surface area is 223 Å². The molecule has 1 aliphatic carbocycles. The number of aromatic nitrogens is 2. The number of carbonyl (C=O) groups excluding carboxylic acids is 1. The molecule has 3 aromatic rings. The van der Waals surface area contributed by atoms with Crippen LogP contribution in [0.25, 0.3) is 0 Å². The third kappa shape index (κ3) is 4.75. The molecule has 2 aromatic carbocycles. The molecule has 0 radical (unpaired) electrons. The molecule has 2 fully saturated rings. The standard InChI is InChI=1S/C25H20Cl2FN5O3S/c26-19-2-1-3-20(22(19)27)37(35,36)17-8-11-33(14-17)23-18(13-30-21(12-29)31-23)24(34)32-25(9-10-25)15-4-6-16(28)7-5-15/h1-7,13,17H,8-11,14H2,(H,32,34)/t17-/m0/s1. The first-order valence-corrected chi connectivity index (χ1v) is 13.7. The zero-order valence-electron chi connectivity index (χ0n) is 19.3. The predicted molar refractivity (Wildman–Crippen MR) is 136 cm³/mol. The van der Waals surface area contributed by atoms with Crippen LogP contribution in [0.1, 0.15) is 41.0 Å². The number of sulfone groups is 1. The molecule has 190 valence electrons. The normalized spacial score (nSPS) is 18.3. The van der Waals surface area contributed by atoms with Crippen molar-refractivity contribution in [2.75, 3.05) is 18.0 Å². The summed E-state index contributed by atoms with van der Waals surface area (Å²) in [5.41, 5.74) is 0.270. The van der Waals surface area contributed by atoms with E-state index in [1.807, 2.05) is 6.07 Å². The minimum atomic E-state index is -3.84. The quantitative estimate of drug-likeness (QED) is 0.479. The van der Waals surface area contributed by atoms with Gasteiger partial charge in [0.25, 0.3) is 5.91 Å². The van der Waals surface area contributed by atoms with Crippen LogP contribution < -0.4 is 10.2 Å². The van der Waals surface area contributed by atoms with Crippen LogP contribution in [0.15, 0.2) is 53.6 Å². The summed E-state index contributed by atoms with van der Waals surface area (Å²) in [5, 5.41) is 11.6. The highest BCUT2D eigenvalue weighted by Gasteiger charge is 2.46. The van der Waals surface area contributed by atoms with Gasteiger partial charge in [-0.25, -0.2) is 22.8 Å². The largest absolute Gasteiger partial charge is 0.354 e. The zero-order valence-corrected chi connectivity index (χ0v) is 21.6. The second-order valence-corrected chi connectivity index (χ2v) is 12.0. The Morgan fingerprint density at radius 3 is 2.59 bits per heavy atom. The molecule has 2 heterocycles. The smallest absolute Gasteiger partial charge is 0.257 e. The molecule has 0 unspecified atom stereocenters. The van der Waals surface area contributed by atoms with E-state index < -0.39 is 26.5 Å². The van der Waals surface area contributed by atoms with E-state index in [0.29, 0.717) is 12.8 Å². The monoisotopic (exact) mass is 559 g/mol. The van der Waals surface area contributed by atoms with E-state index >= 15 is 0 Å². The molecule has 0 spiro atoms. The van der Waals surface area contributed by atoms with E-state index in [1.54, 1.807) is 17.0 Å². The second kappa shape index (κ2) is 9.56. The third-order valence-electron chi connectivity index (χ3n) is 6.72. The van der Waals surface area contributed by atoms with Crippen molar-refractivity contribution in [3.8, 4) is 6.07 Å². The van der Waals surface area contributed by atoms with E-state index in [2.05, 4.69) is 15.3 Å². The Morgan fingerprint density at radius 2 is 1.92 bits per heavy atom. The summed E-state index contributed by atoms with van der Waals surface area (Å²) in [6.45, 7) is 0.323. The zero-order chi connectivity index (χ0) is 26.4. The third-order valence-corrected chi connectivity index (χ3v) is 9.87. The predicted octanol–water partition coefficient (Wildman–Crippen LogP) is 4.27. The minimum Gasteiger partial charge on any atom is -0.354 e. The minimum absolute atomic E-state index is 0.0352. The highest BCUT2D eigenvalue weighted by Crippen LogP contribution is 2.46. The van der Waals surface area contributed by atoms with E-state index in [-0.39, 0.29) is 57.5 Å². The van der Waals surface area contributed by atoms with Crippen LogP contribution in [0.3, 0.4) is 0 Å². The van der Waals surface area contributed by atoms with E-state index in [9.17, 15) is 22.9 Å². The average Bonchev–Trinajstić information content (AvgIpc) is 3.48. The molecule has 1 N–H and O–H groups in total. The van der Waals surface area contributed by atoms with E-state index in [4.69, 9.17) is 23.2 Å². The van der Waals surface area contributed by atoms with Gasteiger partial charge in [-0.2, -0.15) is 5.26 Å². The lowest BCUT2D eigenvalue weighted by atomic mass is 10.0. The molecule has 8 nitrogen and oxygen atoms in total. The van der Waals surface area contributed by atoms with Crippen molar-refractivity contribution in [1.29, 1.82) is 5.26 Å². The van der Waals surface area contributed by atoms with Gasteiger partial charge in [0.15, 0.2) is 9.84 Å². The highest BCUT2D eigenvalue weighted by atomic mass is 35.5. The van der Waals surface area contributed by atoms with Gasteiger partial charge in [-0.1, -0.05) is 41.4 Å². The summed E-state index contributed by atoms with van der Waals surface area (Å²) in [7, 11) is -3.84. The number of halogens is 3. The number of hydrogen-bond acceptors (Lipinski definition) is 7. The summed E-state index contributed by atoms with van der Waals surface area (Å²) in [6.07, 6.45) is 2.90. The topological polar surface area (TPSA) is 116 Å². The van der Waals surface area contributed by atoms with Gasteiger partial charge in [-0.3, -0.25) is 4.79 Å². The van der Waals surface area contributed by atoms with Gasteiger partial charge in [0.1, 0.15) is 23.3 Å². The Kier molecular flexibility index (Phi) is 6.56. The molecule has 1 amide bonds. The molecule has 12 heteroatoms. The van der Waals surface area contributed by atoms with Gasteiger partial charge >= 0.3 is 0 Å². The fourth-order valence-electron chi connectivity index (χ4n) is 4.55. The number of anilines is 1. The second-order valence-electron chi connectivity index (χ2n) is 9.04. The van der Waals surface area contributed by atoms with Crippen LogP contribution in [0.5, 0.6) is 0 Å². The molecule has 1 saturated heterocycles. The maximum absolute atomic E-state index is 13.4. The van der Waals surface area contributed by atoms with Gasteiger partial charge in [-0.05, 0) is 49.1 Å². The highest BCUT2D eigenvalue weighted by molar-refractivity contribution is 7.92. The number of nitrogens with one attached hydrogen (secondary N) is 1. The Morgan fingerprint density at radius 1 is 1.19 bits per heavy atom. The van der Waals surface area contributed by atoms with Gasteiger partial charge in [0.05, 0.1) is 25.7 Å². The first-order chi connectivity index (χ1) is 17.6. The molecule has 1 aliphatic heterocycles. The van der Waals surface area contributed by atoms with Crippen molar-refractivity contribution >= 4 is 44.8 Å². The summed E-state index contributed by atoms with van der Waals surface area (Å²) >= 11 is 12.2. The molecular weight excluding hydrogens is 540 g/mol. The van der Waals surface area contributed by atoms with Gasteiger partial charge in [-0.15, -0.1) is 0 Å². The summed E-state index contributed by atoms with van der Waals surface area (Å²) in [5.74, 6) is -0.805. The fraction of sp³-hybridized carbons (Fsp3) is 0.280. The molecule has 1 saturated carbocycles. The van der Waals surface area contributed by atoms with Crippen LogP contribution in [0.2, 0.25) is 10.0 Å².